The molecule has 2 aromatic carbocycles. The van der Waals surface area contributed by atoms with Crippen LogP contribution in [0.15, 0.2) is 36.4 Å². The molecule has 0 aromatic heterocycles. The minimum Gasteiger partial charge on any atom is -0.489 e. The largest absolute Gasteiger partial charge is 0.489 e. The fourth-order valence-electron chi connectivity index (χ4n) is 2.15. The van der Waals surface area contributed by atoms with Crippen LogP contribution in [0.2, 0.25) is 0 Å². The fourth-order valence-corrected chi connectivity index (χ4v) is 2.59. The molecule has 4 nitrogen and oxygen atoms in total. The maximum absolute atomic E-state index is 10.8. The minimum absolute atomic E-state index is 0.0730. The number of hydrogen-bond acceptors (Lipinski definition) is 3. The van der Waals surface area contributed by atoms with Crippen LogP contribution < -0.4 is 4.74 Å². The van der Waals surface area contributed by atoms with E-state index in [9.17, 15) is 10.1 Å². The van der Waals surface area contributed by atoms with E-state index in [1.165, 1.54) is 23.3 Å². The van der Waals surface area contributed by atoms with Crippen LogP contribution in [0, 0.1) is 24.0 Å². The first kappa shape index (κ1) is 15.5. The number of hydrogen-bond donors (Lipinski definition) is 0. The Balaban J connectivity index is 2.22. The molecule has 2 rings (SSSR count). The molecule has 0 heterocycles. The molecular formula is C16H16BrNO3. The number of aryl methyl sites for hydroxylation is 2. The van der Waals surface area contributed by atoms with Gasteiger partial charge in [-0.25, -0.2) is 0 Å². The number of alkyl halides is 1. The van der Waals surface area contributed by atoms with E-state index < -0.39 is 4.92 Å². The minimum atomic E-state index is -0.401. The molecule has 0 amide bonds. The van der Waals surface area contributed by atoms with Crippen molar-refractivity contribution in [3.8, 4) is 5.75 Å². The predicted molar refractivity (Wildman–Crippen MR) is 86.0 cm³/mol. The van der Waals surface area contributed by atoms with Crippen LogP contribution in [0.1, 0.15) is 22.3 Å². The Labute approximate surface area is 132 Å². The van der Waals surface area contributed by atoms with Gasteiger partial charge in [-0.1, -0.05) is 34.1 Å². The van der Waals surface area contributed by atoms with Gasteiger partial charge in [0.2, 0.25) is 0 Å². The van der Waals surface area contributed by atoms with Crippen LogP contribution in [-0.2, 0) is 11.9 Å². The summed E-state index contributed by atoms with van der Waals surface area (Å²) in [4.78, 5) is 10.4. The molecule has 0 fully saturated rings. The number of nitrogens with zero attached hydrogens (tertiary/aromatic N) is 1. The van der Waals surface area contributed by atoms with Crippen molar-refractivity contribution < 1.29 is 9.66 Å². The number of benzene rings is 2. The summed E-state index contributed by atoms with van der Waals surface area (Å²) in [6.45, 7) is 4.55. The average Bonchev–Trinajstić information content (AvgIpc) is 2.46. The normalized spacial score (nSPS) is 10.4. The van der Waals surface area contributed by atoms with Gasteiger partial charge in [-0.2, -0.15) is 0 Å². The van der Waals surface area contributed by atoms with Gasteiger partial charge in [0.05, 0.1) is 4.92 Å². The molecule has 21 heavy (non-hydrogen) atoms. The number of rotatable bonds is 5. The van der Waals surface area contributed by atoms with Crippen molar-refractivity contribution in [2.24, 2.45) is 0 Å². The highest BCUT2D eigenvalue weighted by Gasteiger charge is 2.12. The Kier molecular flexibility index (Phi) is 4.96. The summed E-state index contributed by atoms with van der Waals surface area (Å²) in [6.07, 6.45) is 0. The van der Waals surface area contributed by atoms with Crippen molar-refractivity contribution in [2.45, 2.75) is 25.8 Å². The molecule has 0 saturated heterocycles. The van der Waals surface area contributed by atoms with E-state index in [4.69, 9.17) is 4.74 Å². The lowest BCUT2D eigenvalue weighted by molar-refractivity contribution is -0.384. The summed E-state index contributed by atoms with van der Waals surface area (Å²) >= 11 is 3.34. The van der Waals surface area contributed by atoms with Crippen molar-refractivity contribution in [2.75, 3.05) is 0 Å². The Bertz CT molecular complexity index is 650. The lowest BCUT2D eigenvalue weighted by Crippen LogP contribution is -2.02. The highest BCUT2D eigenvalue weighted by atomic mass is 79.9. The number of non-ortho nitro benzene ring substituents is 1. The zero-order chi connectivity index (χ0) is 15.4. The Hall–Kier alpha value is -1.88. The molecule has 110 valence electrons. The van der Waals surface area contributed by atoms with Gasteiger partial charge in [-0.15, -0.1) is 0 Å². The molecule has 0 N–H and O–H groups in total. The molecule has 0 radical (unpaired) electrons. The number of nitro benzene ring substituents is 1. The smallest absolute Gasteiger partial charge is 0.270 e. The fraction of sp³-hybridized carbons (Fsp3) is 0.250. The second-order valence-corrected chi connectivity index (χ2v) is 5.40. The van der Waals surface area contributed by atoms with Gasteiger partial charge in [0.1, 0.15) is 12.4 Å². The lowest BCUT2D eigenvalue weighted by Gasteiger charge is -2.13. The van der Waals surface area contributed by atoms with Crippen molar-refractivity contribution in [1.29, 1.82) is 0 Å². The van der Waals surface area contributed by atoms with Gasteiger partial charge in [0.25, 0.3) is 5.69 Å². The zero-order valence-corrected chi connectivity index (χ0v) is 13.5. The van der Waals surface area contributed by atoms with Crippen LogP contribution in [0.5, 0.6) is 5.75 Å². The highest BCUT2D eigenvalue weighted by Crippen LogP contribution is 2.27. The van der Waals surface area contributed by atoms with Crippen molar-refractivity contribution in [3.63, 3.8) is 0 Å². The highest BCUT2D eigenvalue weighted by molar-refractivity contribution is 9.08. The molecule has 5 heteroatoms. The predicted octanol–water partition coefficient (Wildman–Crippen LogP) is 4.69. The Morgan fingerprint density at radius 2 is 1.86 bits per heavy atom. The molecule has 2 aromatic rings. The number of ether oxygens (including phenoxy) is 1. The second-order valence-electron chi connectivity index (χ2n) is 4.84. The van der Waals surface area contributed by atoms with Crippen LogP contribution >= 0.6 is 15.9 Å². The summed E-state index contributed by atoms with van der Waals surface area (Å²) < 4.78 is 5.86. The standard InChI is InChI=1S/C16H16BrNO3/c1-11-4-3-5-12(2)15(11)10-21-16-7-6-14(18(19)20)8-13(16)9-17/h3-8H,9-10H2,1-2H3. The molecule has 0 aliphatic heterocycles. The lowest BCUT2D eigenvalue weighted by atomic mass is 10.0. The Morgan fingerprint density at radius 3 is 2.43 bits per heavy atom. The SMILES string of the molecule is Cc1cccc(C)c1COc1ccc([N+](=O)[O-])cc1CBr. The van der Waals surface area contributed by atoms with Gasteiger partial charge < -0.3 is 4.74 Å². The van der Waals surface area contributed by atoms with Crippen molar-refractivity contribution in [1.82, 2.24) is 0 Å². The van der Waals surface area contributed by atoms with Crippen molar-refractivity contribution in [3.05, 3.63) is 68.8 Å². The van der Waals surface area contributed by atoms with E-state index in [0.717, 1.165) is 11.1 Å². The second kappa shape index (κ2) is 6.72. The van der Waals surface area contributed by atoms with Crippen LogP contribution in [0.3, 0.4) is 0 Å². The van der Waals surface area contributed by atoms with Crippen molar-refractivity contribution >= 4 is 21.6 Å². The molecule has 0 aliphatic rings. The molecule has 0 spiro atoms. The van der Waals surface area contributed by atoms with Gasteiger partial charge >= 0.3 is 0 Å². The Morgan fingerprint density at radius 1 is 1.19 bits per heavy atom. The van der Waals surface area contributed by atoms with E-state index in [1.54, 1.807) is 6.07 Å². The van der Waals surface area contributed by atoms with E-state index in [-0.39, 0.29) is 5.69 Å². The third-order valence-corrected chi connectivity index (χ3v) is 4.02. The number of nitro groups is 1. The molecule has 0 aliphatic carbocycles. The summed E-state index contributed by atoms with van der Waals surface area (Å²) in [5, 5.41) is 11.3. The molecule has 0 bridgehead atoms. The average molecular weight is 350 g/mol. The number of halogens is 1. The molecule has 0 saturated carbocycles. The van der Waals surface area contributed by atoms with Gasteiger partial charge in [0.15, 0.2) is 0 Å². The van der Waals surface area contributed by atoms with E-state index >= 15 is 0 Å². The molecule has 0 unspecified atom stereocenters. The summed E-state index contributed by atoms with van der Waals surface area (Å²) in [7, 11) is 0. The summed E-state index contributed by atoms with van der Waals surface area (Å²) in [6, 6.07) is 10.8. The van der Waals surface area contributed by atoms with Crippen LogP contribution in [-0.4, -0.2) is 4.92 Å². The zero-order valence-electron chi connectivity index (χ0n) is 11.9. The van der Waals surface area contributed by atoms with E-state index in [1.807, 2.05) is 32.0 Å². The first-order chi connectivity index (χ1) is 10.0. The van der Waals surface area contributed by atoms with Crippen LogP contribution in [0.25, 0.3) is 0 Å². The topological polar surface area (TPSA) is 52.4 Å². The first-order valence-electron chi connectivity index (χ1n) is 6.54. The van der Waals surface area contributed by atoms with Gasteiger partial charge in [-0.05, 0) is 36.6 Å². The quantitative estimate of drug-likeness (QED) is 0.447. The third-order valence-electron chi connectivity index (χ3n) is 3.42. The first-order valence-corrected chi connectivity index (χ1v) is 7.66. The molecular weight excluding hydrogens is 334 g/mol. The molecule has 0 atom stereocenters. The van der Waals surface area contributed by atoms with Gasteiger partial charge in [-0.3, -0.25) is 10.1 Å². The third kappa shape index (κ3) is 3.61. The maximum Gasteiger partial charge on any atom is 0.270 e. The monoisotopic (exact) mass is 349 g/mol. The summed E-state index contributed by atoms with van der Waals surface area (Å²) in [5.41, 5.74) is 4.35. The van der Waals surface area contributed by atoms with Crippen LogP contribution in [0.4, 0.5) is 5.69 Å². The van der Waals surface area contributed by atoms with E-state index in [2.05, 4.69) is 15.9 Å². The van der Waals surface area contributed by atoms with E-state index in [0.29, 0.717) is 17.7 Å². The van der Waals surface area contributed by atoms with Gasteiger partial charge in [0, 0.05) is 23.0 Å². The maximum atomic E-state index is 10.8. The summed E-state index contributed by atoms with van der Waals surface area (Å²) in [5.74, 6) is 0.667.